The predicted molar refractivity (Wildman–Crippen MR) is 66.0 cm³/mol. The molecule has 2 rings (SSSR count). The summed E-state index contributed by atoms with van der Waals surface area (Å²) >= 11 is 0. The van der Waals surface area contributed by atoms with E-state index in [1.165, 1.54) is 0 Å². The average Bonchev–Trinajstić information content (AvgIpc) is 2.76. The molecule has 0 spiro atoms. The number of hydrogen-bond acceptors (Lipinski definition) is 6. The van der Waals surface area contributed by atoms with Crippen LogP contribution in [0.15, 0.2) is 6.33 Å². The van der Waals surface area contributed by atoms with Gasteiger partial charge in [-0.3, -0.25) is 4.90 Å². The quantitative estimate of drug-likeness (QED) is 0.651. The number of aliphatic hydroxyl groups is 1. The minimum absolute atomic E-state index is 0.365. The summed E-state index contributed by atoms with van der Waals surface area (Å²) in [6.07, 6.45) is 1.30. The van der Waals surface area contributed by atoms with Crippen molar-refractivity contribution < 1.29 is 9.84 Å². The Morgan fingerprint density at radius 3 is 2.94 bits per heavy atom. The highest BCUT2D eigenvalue weighted by Crippen LogP contribution is 1.98. The van der Waals surface area contributed by atoms with Gasteiger partial charge in [0.25, 0.3) is 0 Å². The van der Waals surface area contributed by atoms with Crippen molar-refractivity contribution in [1.29, 1.82) is 0 Å². The fourth-order valence-electron chi connectivity index (χ4n) is 1.96. The number of β-amino-alcohol motifs (C(OH)–C–C–N with tert-alkyl or cyclic N) is 1. The van der Waals surface area contributed by atoms with Crippen LogP contribution in [0.4, 0.5) is 0 Å². The van der Waals surface area contributed by atoms with Gasteiger partial charge in [0.05, 0.1) is 25.9 Å². The van der Waals surface area contributed by atoms with Crippen molar-refractivity contribution in [2.75, 3.05) is 39.4 Å². The molecule has 2 heterocycles. The molecule has 1 aromatic rings. The molecular weight excluding hydrogens is 234 g/mol. The Morgan fingerprint density at radius 1 is 1.50 bits per heavy atom. The summed E-state index contributed by atoms with van der Waals surface area (Å²) in [6.45, 7) is 5.20. The average molecular weight is 255 g/mol. The highest BCUT2D eigenvalue weighted by Gasteiger charge is 2.14. The first-order chi connectivity index (χ1) is 8.75. The minimum Gasteiger partial charge on any atom is -0.390 e. The Hall–Kier alpha value is -1.02. The molecule has 0 aromatic carbocycles. The van der Waals surface area contributed by atoms with E-state index in [-0.39, 0.29) is 6.10 Å². The van der Waals surface area contributed by atoms with Gasteiger partial charge in [-0.15, -0.1) is 10.2 Å². The molecule has 18 heavy (non-hydrogen) atoms. The van der Waals surface area contributed by atoms with Gasteiger partial charge in [-0.05, 0) is 0 Å². The Balaban J connectivity index is 1.62. The number of nitrogens with zero attached hydrogens (tertiary/aromatic N) is 4. The number of rotatable bonds is 6. The van der Waals surface area contributed by atoms with Gasteiger partial charge in [0.15, 0.2) is 0 Å². The van der Waals surface area contributed by atoms with Crippen molar-refractivity contribution in [1.82, 2.24) is 25.0 Å². The van der Waals surface area contributed by atoms with Crippen LogP contribution in [-0.2, 0) is 18.3 Å². The highest BCUT2D eigenvalue weighted by atomic mass is 16.5. The first kappa shape index (κ1) is 13.4. The summed E-state index contributed by atoms with van der Waals surface area (Å²) in [6, 6.07) is 0. The first-order valence-electron chi connectivity index (χ1n) is 6.27. The highest BCUT2D eigenvalue weighted by molar-refractivity contribution is 4.83. The Labute approximate surface area is 107 Å². The molecule has 0 radical (unpaired) electrons. The van der Waals surface area contributed by atoms with Crippen molar-refractivity contribution >= 4 is 0 Å². The van der Waals surface area contributed by atoms with Crippen molar-refractivity contribution in [3.63, 3.8) is 0 Å². The van der Waals surface area contributed by atoms with Crippen LogP contribution in [-0.4, -0.2) is 70.3 Å². The smallest absolute Gasteiger partial charge is 0.146 e. The molecule has 102 valence electrons. The number of aryl methyl sites for hydroxylation is 1. The molecule has 0 amide bonds. The zero-order chi connectivity index (χ0) is 12.8. The molecule has 0 aliphatic carbocycles. The lowest BCUT2D eigenvalue weighted by Crippen LogP contribution is -2.43. The minimum atomic E-state index is -0.365. The van der Waals surface area contributed by atoms with Gasteiger partial charge in [0.2, 0.25) is 0 Å². The lowest BCUT2D eigenvalue weighted by Gasteiger charge is -2.28. The van der Waals surface area contributed by atoms with E-state index in [1.54, 1.807) is 6.33 Å². The van der Waals surface area contributed by atoms with Crippen LogP contribution in [0.3, 0.4) is 0 Å². The van der Waals surface area contributed by atoms with Crippen molar-refractivity contribution in [2.45, 2.75) is 12.6 Å². The molecule has 1 unspecified atom stereocenters. The maximum atomic E-state index is 9.91. The van der Waals surface area contributed by atoms with Crippen LogP contribution >= 0.6 is 0 Å². The number of aromatic nitrogens is 3. The monoisotopic (exact) mass is 255 g/mol. The summed E-state index contributed by atoms with van der Waals surface area (Å²) in [5.74, 6) is 0.869. The molecule has 1 atom stereocenters. The van der Waals surface area contributed by atoms with Gasteiger partial charge in [0.1, 0.15) is 12.2 Å². The predicted octanol–water partition coefficient (Wildman–Crippen LogP) is -1.40. The van der Waals surface area contributed by atoms with Crippen molar-refractivity contribution in [2.24, 2.45) is 7.05 Å². The third-order valence-electron chi connectivity index (χ3n) is 3.04. The van der Waals surface area contributed by atoms with Crippen LogP contribution in [0.2, 0.25) is 0 Å². The number of ether oxygens (including phenoxy) is 1. The van der Waals surface area contributed by atoms with Gasteiger partial charge in [-0.2, -0.15) is 0 Å². The normalized spacial score (nSPS) is 19.0. The van der Waals surface area contributed by atoms with Crippen molar-refractivity contribution in [3.05, 3.63) is 12.2 Å². The number of nitrogens with one attached hydrogen (secondary N) is 1. The van der Waals surface area contributed by atoms with E-state index in [4.69, 9.17) is 4.74 Å². The Morgan fingerprint density at radius 2 is 2.28 bits per heavy atom. The maximum absolute atomic E-state index is 9.91. The standard InChI is InChI=1S/C11H21N5O2/c1-15-9-13-14-11(15)7-12-6-10(17)8-16-2-4-18-5-3-16/h9-10,12,17H,2-8H2,1H3. The van der Waals surface area contributed by atoms with E-state index < -0.39 is 0 Å². The molecule has 0 saturated carbocycles. The van der Waals surface area contributed by atoms with Gasteiger partial charge in [-0.25, -0.2) is 0 Å². The molecule has 1 aliphatic rings. The maximum Gasteiger partial charge on any atom is 0.146 e. The van der Waals surface area contributed by atoms with Crippen molar-refractivity contribution in [3.8, 4) is 0 Å². The molecule has 2 N–H and O–H groups in total. The Bertz CT molecular complexity index is 351. The second-order valence-electron chi connectivity index (χ2n) is 4.56. The van der Waals surface area contributed by atoms with E-state index in [2.05, 4.69) is 20.4 Å². The lowest BCUT2D eigenvalue weighted by atomic mass is 10.3. The molecule has 7 nitrogen and oxygen atoms in total. The van der Waals surface area contributed by atoms with E-state index in [0.717, 1.165) is 32.1 Å². The molecule has 1 aliphatic heterocycles. The van der Waals surface area contributed by atoms with Gasteiger partial charge < -0.3 is 19.7 Å². The van der Waals surface area contributed by atoms with Crippen LogP contribution in [0.5, 0.6) is 0 Å². The number of morpholine rings is 1. The third-order valence-corrected chi connectivity index (χ3v) is 3.04. The zero-order valence-electron chi connectivity index (χ0n) is 10.7. The van der Waals surface area contributed by atoms with Gasteiger partial charge in [0, 0.05) is 33.2 Å². The second kappa shape index (κ2) is 6.79. The second-order valence-corrected chi connectivity index (χ2v) is 4.56. The number of hydrogen-bond donors (Lipinski definition) is 2. The molecule has 1 fully saturated rings. The largest absolute Gasteiger partial charge is 0.390 e. The van der Waals surface area contributed by atoms with Crippen LogP contribution in [0.25, 0.3) is 0 Å². The molecule has 1 aromatic heterocycles. The van der Waals surface area contributed by atoms with Crippen LogP contribution < -0.4 is 5.32 Å². The SMILES string of the molecule is Cn1cnnc1CNCC(O)CN1CCOCC1. The fraction of sp³-hybridized carbons (Fsp3) is 0.818. The summed E-state index contributed by atoms with van der Waals surface area (Å²) in [4.78, 5) is 2.22. The molecule has 7 heteroatoms. The lowest BCUT2D eigenvalue weighted by molar-refractivity contribution is 0.0148. The Kier molecular flexibility index (Phi) is 5.06. The summed E-state index contributed by atoms with van der Waals surface area (Å²) in [5, 5.41) is 20.9. The van der Waals surface area contributed by atoms with Gasteiger partial charge in [-0.1, -0.05) is 0 Å². The van der Waals surface area contributed by atoms with Crippen LogP contribution in [0, 0.1) is 0 Å². The van der Waals surface area contributed by atoms with Gasteiger partial charge >= 0.3 is 0 Å². The molecular formula is C11H21N5O2. The van der Waals surface area contributed by atoms with E-state index in [1.807, 2.05) is 11.6 Å². The van der Waals surface area contributed by atoms with Crippen LogP contribution in [0.1, 0.15) is 5.82 Å². The molecule has 1 saturated heterocycles. The summed E-state index contributed by atoms with van der Waals surface area (Å²) in [5.41, 5.74) is 0. The van der Waals surface area contributed by atoms with E-state index in [9.17, 15) is 5.11 Å². The number of aliphatic hydroxyl groups excluding tert-OH is 1. The zero-order valence-corrected chi connectivity index (χ0v) is 10.7. The third kappa shape index (κ3) is 4.02. The summed E-state index contributed by atoms with van der Waals surface area (Å²) < 4.78 is 7.13. The van der Waals surface area contributed by atoms with E-state index >= 15 is 0 Å². The first-order valence-corrected chi connectivity index (χ1v) is 6.27. The molecule has 0 bridgehead atoms. The fourth-order valence-corrected chi connectivity index (χ4v) is 1.96. The van der Waals surface area contributed by atoms with E-state index in [0.29, 0.717) is 19.6 Å². The topological polar surface area (TPSA) is 75.4 Å². The summed E-state index contributed by atoms with van der Waals surface area (Å²) in [7, 11) is 1.90.